The smallest absolute Gasteiger partial charge is 0.190 e. The first-order valence-electron chi connectivity index (χ1n) is 7.51. The number of aromatic nitrogens is 7. The molecule has 8 nitrogen and oxygen atoms in total. The SMILES string of the molecule is Cn1cnc(-c2cnc(N)c(-c3nnnn3-c3cccc(F)c3F)c2)c1. The van der Waals surface area contributed by atoms with Crippen LogP contribution in [0.25, 0.3) is 28.3 Å². The molecular weight excluding hydrogens is 342 g/mol. The molecule has 0 amide bonds. The van der Waals surface area contributed by atoms with E-state index in [1.807, 2.05) is 13.2 Å². The first-order valence-corrected chi connectivity index (χ1v) is 7.51. The van der Waals surface area contributed by atoms with E-state index in [0.29, 0.717) is 16.8 Å². The van der Waals surface area contributed by atoms with Gasteiger partial charge in [0.2, 0.25) is 0 Å². The molecule has 26 heavy (non-hydrogen) atoms. The van der Waals surface area contributed by atoms with Crippen LogP contribution in [0.3, 0.4) is 0 Å². The molecule has 0 fully saturated rings. The maximum absolute atomic E-state index is 14.2. The highest BCUT2D eigenvalue weighted by molar-refractivity contribution is 5.75. The van der Waals surface area contributed by atoms with Crippen LogP contribution in [0, 0.1) is 11.6 Å². The zero-order valence-electron chi connectivity index (χ0n) is 13.5. The van der Waals surface area contributed by atoms with Crippen molar-refractivity contribution in [2.24, 2.45) is 7.05 Å². The van der Waals surface area contributed by atoms with Gasteiger partial charge in [-0.2, -0.15) is 4.68 Å². The normalized spacial score (nSPS) is 11.0. The molecule has 0 atom stereocenters. The van der Waals surface area contributed by atoms with E-state index in [1.165, 1.54) is 12.1 Å². The molecule has 130 valence electrons. The van der Waals surface area contributed by atoms with Gasteiger partial charge in [-0.1, -0.05) is 6.07 Å². The molecule has 4 rings (SSSR count). The number of hydrogen-bond acceptors (Lipinski definition) is 6. The number of hydrogen-bond donors (Lipinski definition) is 1. The molecule has 0 aliphatic rings. The maximum atomic E-state index is 14.2. The molecule has 3 aromatic heterocycles. The Kier molecular flexibility index (Phi) is 3.64. The van der Waals surface area contributed by atoms with Crippen LogP contribution in [-0.4, -0.2) is 34.7 Å². The van der Waals surface area contributed by atoms with Gasteiger partial charge < -0.3 is 10.3 Å². The lowest BCUT2D eigenvalue weighted by molar-refractivity contribution is 0.501. The molecule has 0 aliphatic heterocycles. The molecule has 0 radical (unpaired) electrons. The van der Waals surface area contributed by atoms with Crippen molar-refractivity contribution in [3.05, 3.63) is 54.6 Å². The average Bonchev–Trinajstić information content (AvgIpc) is 3.27. The number of imidazole rings is 1. The van der Waals surface area contributed by atoms with Crippen molar-refractivity contribution < 1.29 is 8.78 Å². The van der Waals surface area contributed by atoms with Crippen LogP contribution in [-0.2, 0) is 7.05 Å². The van der Waals surface area contributed by atoms with Gasteiger partial charge in [-0.25, -0.2) is 18.7 Å². The lowest BCUT2D eigenvalue weighted by atomic mass is 10.1. The van der Waals surface area contributed by atoms with Crippen molar-refractivity contribution in [2.45, 2.75) is 0 Å². The highest BCUT2D eigenvalue weighted by Crippen LogP contribution is 2.29. The van der Waals surface area contributed by atoms with E-state index in [1.54, 1.807) is 23.2 Å². The van der Waals surface area contributed by atoms with Crippen LogP contribution in [0.1, 0.15) is 0 Å². The second kappa shape index (κ2) is 5.99. The molecule has 4 aromatic rings. The van der Waals surface area contributed by atoms with E-state index in [0.717, 1.165) is 10.7 Å². The minimum Gasteiger partial charge on any atom is -0.383 e. The van der Waals surface area contributed by atoms with Crippen LogP contribution in [0.15, 0.2) is 43.0 Å². The molecule has 0 bridgehead atoms. The summed E-state index contributed by atoms with van der Waals surface area (Å²) in [5.41, 5.74) is 7.57. The maximum Gasteiger partial charge on any atom is 0.190 e. The summed E-state index contributed by atoms with van der Waals surface area (Å²) < 4.78 is 30.6. The van der Waals surface area contributed by atoms with Gasteiger partial charge in [-0.3, -0.25) is 0 Å². The number of nitrogens with two attached hydrogens (primary N) is 1. The number of anilines is 1. The largest absolute Gasteiger partial charge is 0.383 e. The number of nitrogen functional groups attached to an aromatic ring is 1. The van der Waals surface area contributed by atoms with E-state index in [-0.39, 0.29) is 17.3 Å². The van der Waals surface area contributed by atoms with E-state index in [2.05, 4.69) is 25.5 Å². The quantitative estimate of drug-likeness (QED) is 0.604. The Morgan fingerprint density at radius 2 is 2.00 bits per heavy atom. The van der Waals surface area contributed by atoms with Crippen LogP contribution in [0.5, 0.6) is 0 Å². The summed E-state index contributed by atoms with van der Waals surface area (Å²) in [5, 5.41) is 11.2. The molecule has 0 saturated carbocycles. The Morgan fingerprint density at radius 1 is 1.15 bits per heavy atom. The van der Waals surface area contributed by atoms with Crippen molar-refractivity contribution in [1.82, 2.24) is 34.7 Å². The Morgan fingerprint density at radius 3 is 2.77 bits per heavy atom. The van der Waals surface area contributed by atoms with Gasteiger partial charge in [0.15, 0.2) is 17.5 Å². The van der Waals surface area contributed by atoms with Crippen LogP contribution in [0.2, 0.25) is 0 Å². The highest BCUT2D eigenvalue weighted by Gasteiger charge is 2.19. The van der Waals surface area contributed by atoms with Gasteiger partial charge in [-0.05, 0) is 28.6 Å². The number of halogens is 2. The number of benzene rings is 1. The summed E-state index contributed by atoms with van der Waals surface area (Å²) in [4.78, 5) is 8.41. The first-order chi connectivity index (χ1) is 12.5. The molecule has 0 saturated heterocycles. The van der Waals surface area contributed by atoms with Crippen molar-refractivity contribution in [3.63, 3.8) is 0 Å². The Balaban J connectivity index is 1.87. The zero-order chi connectivity index (χ0) is 18.3. The molecule has 0 unspecified atom stereocenters. The predicted octanol–water partition coefficient (Wildman–Crippen LogP) is 1.99. The predicted molar refractivity (Wildman–Crippen MR) is 88.9 cm³/mol. The van der Waals surface area contributed by atoms with Gasteiger partial charge in [0.05, 0.1) is 17.6 Å². The number of pyridine rings is 1. The molecule has 1 aromatic carbocycles. The number of tetrazole rings is 1. The van der Waals surface area contributed by atoms with Gasteiger partial charge >= 0.3 is 0 Å². The third-order valence-electron chi connectivity index (χ3n) is 3.79. The second-order valence-electron chi connectivity index (χ2n) is 5.57. The van der Waals surface area contributed by atoms with Crippen molar-refractivity contribution in [2.75, 3.05) is 5.73 Å². The first kappa shape index (κ1) is 15.8. The summed E-state index contributed by atoms with van der Waals surface area (Å²) in [5.74, 6) is -1.78. The fraction of sp³-hybridized carbons (Fsp3) is 0.0625. The topological polar surface area (TPSA) is 100 Å². The van der Waals surface area contributed by atoms with Crippen molar-refractivity contribution >= 4 is 5.82 Å². The third kappa shape index (κ3) is 2.57. The summed E-state index contributed by atoms with van der Waals surface area (Å²) in [7, 11) is 1.84. The van der Waals surface area contributed by atoms with E-state index < -0.39 is 11.6 Å². The number of aryl methyl sites for hydroxylation is 1. The minimum atomic E-state index is -1.06. The van der Waals surface area contributed by atoms with Crippen molar-refractivity contribution in [1.29, 1.82) is 0 Å². The molecule has 3 heterocycles. The van der Waals surface area contributed by atoms with E-state index in [9.17, 15) is 8.78 Å². The van der Waals surface area contributed by atoms with Crippen LogP contribution < -0.4 is 5.73 Å². The van der Waals surface area contributed by atoms with Crippen molar-refractivity contribution in [3.8, 4) is 28.3 Å². The lowest BCUT2D eigenvalue weighted by Crippen LogP contribution is -2.06. The van der Waals surface area contributed by atoms with E-state index in [4.69, 9.17) is 5.73 Å². The van der Waals surface area contributed by atoms with Gasteiger partial charge in [0.1, 0.15) is 11.5 Å². The minimum absolute atomic E-state index is 0.132. The Hall–Kier alpha value is -3.69. The average molecular weight is 354 g/mol. The van der Waals surface area contributed by atoms with Crippen LogP contribution in [0.4, 0.5) is 14.6 Å². The molecule has 0 spiro atoms. The fourth-order valence-corrected chi connectivity index (χ4v) is 2.53. The van der Waals surface area contributed by atoms with E-state index >= 15 is 0 Å². The van der Waals surface area contributed by atoms with Gasteiger partial charge in [-0.15, -0.1) is 5.10 Å². The second-order valence-corrected chi connectivity index (χ2v) is 5.57. The monoisotopic (exact) mass is 354 g/mol. The third-order valence-corrected chi connectivity index (χ3v) is 3.79. The molecule has 10 heteroatoms. The summed E-state index contributed by atoms with van der Waals surface area (Å²) >= 11 is 0. The summed E-state index contributed by atoms with van der Waals surface area (Å²) in [6, 6.07) is 5.44. The van der Waals surface area contributed by atoms with Gasteiger partial charge in [0.25, 0.3) is 0 Å². The number of rotatable bonds is 3. The number of nitrogens with zero attached hydrogens (tertiary/aromatic N) is 7. The summed E-state index contributed by atoms with van der Waals surface area (Å²) in [6.45, 7) is 0. The lowest BCUT2D eigenvalue weighted by Gasteiger charge is -2.09. The van der Waals surface area contributed by atoms with Gasteiger partial charge in [0, 0.05) is 25.0 Å². The fourth-order valence-electron chi connectivity index (χ4n) is 2.53. The Bertz CT molecular complexity index is 1100. The molecule has 0 aliphatic carbocycles. The summed E-state index contributed by atoms with van der Waals surface area (Å²) in [6.07, 6.45) is 5.03. The van der Waals surface area contributed by atoms with Crippen LogP contribution >= 0.6 is 0 Å². The molecular formula is C16H12F2N8. The molecule has 2 N–H and O–H groups in total. The standard InChI is InChI=1S/C16H12F2N8/c1-25-7-12(21-8-25)9-5-10(15(19)20-6-9)16-22-23-24-26(16)13-4-2-3-11(17)14(13)18/h2-8H,1H3,(H2,19,20). The Labute approximate surface area is 145 Å². The highest BCUT2D eigenvalue weighted by atomic mass is 19.2. The zero-order valence-corrected chi connectivity index (χ0v) is 13.5.